The van der Waals surface area contributed by atoms with Crippen LogP contribution in [0.15, 0.2) is 30.0 Å². The number of aryl methyl sites for hydroxylation is 1. The number of aromatic nitrogens is 5. The van der Waals surface area contributed by atoms with Crippen molar-refractivity contribution >= 4 is 39.7 Å². The summed E-state index contributed by atoms with van der Waals surface area (Å²) in [5.74, 6) is -0.495. The summed E-state index contributed by atoms with van der Waals surface area (Å²) in [6.45, 7) is 1.59. The van der Waals surface area contributed by atoms with E-state index in [4.69, 9.17) is 17.3 Å². The summed E-state index contributed by atoms with van der Waals surface area (Å²) in [6, 6.07) is 1.48. The summed E-state index contributed by atoms with van der Waals surface area (Å²) in [6.07, 6.45) is 1.35. The average molecular weight is 421 g/mol. The molecule has 0 atom stereocenters. The van der Waals surface area contributed by atoms with Gasteiger partial charge in [-0.05, 0) is 13.0 Å². The molecule has 0 radical (unpaired) electrons. The topological polar surface area (TPSA) is 99.6 Å². The fourth-order valence-corrected chi connectivity index (χ4v) is 3.80. The Hall–Kier alpha value is -2.98. The number of nitrogens with zero attached hydrogens (tertiary/aromatic N) is 5. The Morgan fingerprint density at radius 3 is 2.75 bits per heavy atom. The molecule has 4 aromatic rings. The summed E-state index contributed by atoms with van der Waals surface area (Å²) < 4.78 is 28.4. The third-order valence-electron chi connectivity index (χ3n) is 4.09. The van der Waals surface area contributed by atoms with Gasteiger partial charge in [-0.15, -0.1) is 11.3 Å². The van der Waals surface area contributed by atoms with Crippen LogP contribution < -0.4 is 5.73 Å². The Labute approximate surface area is 165 Å². The molecule has 0 bridgehead atoms. The van der Waals surface area contributed by atoms with E-state index in [-0.39, 0.29) is 27.9 Å². The highest BCUT2D eigenvalue weighted by molar-refractivity contribution is 7.13. The molecule has 4 aromatic heterocycles. The number of halogens is 3. The minimum absolute atomic E-state index is 0.0213. The number of amides is 1. The molecule has 4 heterocycles. The number of rotatable bonds is 4. The number of primary amides is 1. The highest BCUT2D eigenvalue weighted by Crippen LogP contribution is 2.33. The van der Waals surface area contributed by atoms with Crippen LogP contribution in [0, 0.1) is 6.92 Å². The molecule has 142 valence electrons. The van der Waals surface area contributed by atoms with E-state index < -0.39 is 12.3 Å². The normalized spacial score (nSPS) is 11.5. The second-order valence-electron chi connectivity index (χ2n) is 5.82. The quantitative estimate of drug-likeness (QED) is 0.539. The number of hydrogen-bond donors (Lipinski definition) is 1. The third-order valence-corrected chi connectivity index (χ3v) is 5.25. The summed E-state index contributed by atoms with van der Waals surface area (Å²) in [4.78, 5) is 28.9. The van der Waals surface area contributed by atoms with Crippen molar-refractivity contribution in [2.75, 3.05) is 0 Å². The summed E-state index contributed by atoms with van der Waals surface area (Å²) in [5, 5.41) is 2.61. The molecule has 0 spiro atoms. The van der Waals surface area contributed by atoms with Crippen molar-refractivity contribution in [1.29, 1.82) is 0 Å². The molecule has 0 aromatic carbocycles. The zero-order valence-corrected chi connectivity index (χ0v) is 15.8. The summed E-state index contributed by atoms with van der Waals surface area (Å²) >= 11 is 7.10. The number of nitrogens with two attached hydrogens (primary N) is 1. The number of thiazole rings is 1. The zero-order chi connectivity index (χ0) is 20.0. The number of pyridine rings is 1. The van der Waals surface area contributed by atoms with Gasteiger partial charge in [0.1, 0.15) is 10.7 Å². The number of carbonyl (C=O) groups is 1. The van der Waals surface area contributed by atoms with Gasteiger partial charge in [0.15, 0.2) is 16.6 Å². The van der Waals surface area contributed by atoms with Crippen LogP contribution in [-0.2, 0) is 0 Å². The maximum atomic E-state index is 13.5. The number of carbonyl (C=O) groups excluding carboxylic acids is 1. The van der Waals surface area contributed by atoms with Gasteiger partial charge in [0.2, 0.25) is 0 Å². The highest BCUT2D eigenvalue weighted by Gasteiger charge is 2.24. The SMILES string of the molecule is Cc1nc(-c2nc(Cl)cs2)nc(-n2cc(C(F)F)c3ccncc32)c1C(N)=O. The largest absolute Gasteiger partial charge is 0.365 e. The molecule has 0 aliphatic heterocycles. The summed E-state index contributed by atoms with van der Waals surface area (Å²) in [7, 11) is 0. The maximum absolute atomic E-state index is 13.5. The smallest absolute Gasteiger partial charge is 0.265 e. The van der Waals surface area contributed by atoms with Crippen molar-refractivity contribution in [2.24, 2.45) is 5.73 Å². The molecule has 0 unspecified atom stereocenters. The van der Waals surface area contributed by atoms with Gasteiger partial charge in [0.25, 0.3) is 12.3 Å². The molecule has 0 fully saturated rings. The molecule has 0 saturated carbocycles. The van der Waals surface area contributed by atoms with E-state index in [1.54, 1.807) is 12.3 Å². The maximum Gasteiger partial charge on any atom is 0.265 e. The van der Waals surface area contributed by atoms with Crippen LogP contribution in [0.25, 0.3) is 27.6 Å². The van der Waals surface area contributed by atoms with Gasteiger partial charge in [-0.1, -0.05) is 11.6 Å². The number of fused-ring (bicyclic) bond motifs is 1. The van der Waals surface area contributed by atoms with Crippen molar-refractivity contribution in [1.82, 2.24) is 24.5 Å². The predicted molar refractivity (Wildman–Crippen MR) is 101 cm³/mol. The van der Waals surface area contributed by atoms with Crippen molar-refractivity contribution in [3.8, 4) is 16.6 Å². The molecular formula is C17H11ClF2N6OS. The molecular weight excluding hydrogens is 410 g/mol. The first-order valence-electron chi connectivity index (χ1n) is 7.90. The van der Waals surface area contributed by atoms with Gasteiger partial charge in [0, 0.05) is 28.7 Å². The molecule has 1 amide bonds. The van der Waals surface area contributed by atoms with Crippen LogP contribution in [0.4, 0.5) is 8.78 Å². The minimum atomic E-state index is -2.72. The Bertz CT molecular complexity index is 1220. The lowest BCUT2D eigenvalue weighted by molar-refractivity contribution is 0.0999. The monoisotopic (exact) mass is 420 g/mol. The van der Waals surface area contributed by atoms with Crippen LogP contribution in [0.5, 0.6) is 0 Å². The molecule has 7 nitrogen and oxygen atoms in total. The van der Waals surface area contributed by atoms with Crippen molar-refractivity contribution in [3.05, 3.63) is 52.0 Å². The van der Waals surface area contributed by atoms with Crippen molar-refractivity contribution in [3.63, 3.8) is 0 Å². The first-order valence-corrected chi connectivity index (χ1v) is 9.16. The van der Waals surface area contributed by atoms with Crippen LogP contribution in [0.2, 0.25) is 5.15 Å². The average Bonchev–Trinajstić information content (AvgIpc) is 3.24. The fraction of sp³-hybridized carbons (Fsp3) is 0.118. The highest BCUT2D eigenvalue weighted by atomic mass is 35.5. The van der Waals surface area contributed by atoms with Crippen LogP contribution >= 0.6 is 22.9 Å². The van der Waals surface area contributed by atoms with Crippen LogP contribution in [-0.4, -0.2) is 30.4 Å². The lowest BCUT2D eigenvalue weighted by Crippen LogP contribution is -2.19. The van der Waals surface area contributed by atoms with E-state index in [9.17, 15) is 13.6 Å². The molecule has 0 aliphatic rings. The molecule has 28 heavy (non-hydrogen) atoms. The van der Waals surface area contributed by atoms with Gasteiger partial charge in [-0.3, -0.25) is 14.3 Å². The van der Waals surface area contributed by atoms with Gasteiger partial charge in [-0.25, -0.2) is 23.7 Å². The number of hydrogen-bond acceptors (Lipinski definition) is 6. The van der Waals surface area contributed by atoms with E-state index in [1.807, 2.05) is 0 Å². The second kappa shape index (κ2) is 6.88. The Balaban J connectivity index is 2.05. The van der Waals surface area contributed by atoms with Gasteiger partial charge in [-0.2, -0.15) is 0 Å². The molecule has 2 N–H and O–H groups in total. The standard InChI is InChI=1S/C17H11ClF2N6OS/c1-7-12(14(21)27)16(25-15(23-7)17-24-11(18)6-28-17)26-5-9(13(19)20)8-2-3-22-4-10(8)26/h2-6,13H,1H3,(H2,21,27). The van der Waals surface area contributed by atoms with E-state index in [0.29, 0.717) is 21.6 Å². The lowest BCUT2D eigenvalue weighted by atomic mass is 10.2. The third kappa shape index (κ3) is 3.00. The molecule has 4 rings (SSSR count). The van der Waals surface area contributed by atoms with Gasteiger partial charge < -0.3 is 5.73 Å². The van der Waals surface area contributed by atoms with Gasteiger partial charge in [0.05, 0.1) is 17.4 Å². The van der Waals surface area contributed by atoms with E-state index in [1.165, 1.54) is 40.6 Å². The fourth-order valence-electron chi connectivity index (χ4n) is 2.92. The molecule has 11 heteroatoms. The first kappa shape index (κ1) is 18.4. The number of alkyl halides is 2. The van der Waals surface area contributed by atoms with Crippen LogP contribution in [0.1, 0.15) is 28.0 Å². The Kier molecular flexibility index (Phi) is 4.52. The van der Waals surface area contributed by atoms with E-state index in [0.717, 1.165) is 0 Å². The molecule has 0 aliphatic carbocycles. The lowest BCUT2D eigenvalue weighted by Gasteiger charge is -2.12. The summed E-state index contributed by atoms with van der Waals surface area (Å²) in [5.41, 5.74) is 6.00. The zero-order valence-electron chi connectivity index (χ0n) is 14.2. The van der Waals surface area contributed by atoms with E-state index in [2.05, 4.69) is 19.9 Å². The van der Waals surface area contributed by atoms with Crippen molar-refractivity contribution in [2.45, 2.75) is 13.3 Å². The van der Waals surface area contributed by atoms with Gasteiger partial charge >= 0.3 is 0 Å². The first-order chi connectivity index (χ1) is 13.4. The Morgan fingerprint density at radius 2 is 2.11 bits per heavy atom. The van der Waals surface area contributed by atoms with Crippen molar-refractivity contribution < 1.29 is 13.6 Å². The predicted octanol–water partition coefficient (Wildman–Crippen LogP) is 3.94. The van der Waals surface area contributed by atoms with Crippen LogP contribution in [0.3, 0.4) is 0 Å². The Morgan fingerprint density at radius 1 is 1.32 bits per heavy atom. The molecule has 0 saturated heterocycles. The van der Waals surface area contributed by atoms with E-state index >= 15 is 0 Å². The second-order valence-corrected chi connectivity index (χ2v) is 7.06. The minimum Gasteiger partial charge on any atom is -0.365 e.